The van der Waals surface area contributed by atoms with Crippen LogP contribution >= 0.6 is 22.6 Å². The van der Waals surface area contributed by atoms with Crippen LogP contribution in [-0.2, 0) is 0 Å². The number of piperazine rings is 1. The molecule has 0 N–H and O–H groups in total. The lowest BCUT2D eigenvalue weighted by Gasteiger charge is -2.31. The molecule has 1 aliphatic rings. The van der Waals surface area contributed by atoms with E-state index in [0.717, 1.165) is 35.8 Å². The first kappa shape index (κ1) is 9.26. The second-order valence-corrected chi connectivity index (χ2v) is 4.34. The average molecular weight is 293 g/mol. The highest BCUT2D eigenvalue weighted by molar-refractivity contribution is 14.1. The summed E-state index contributed by atoms with van der Waals surface area (Å²) < 4.78 is 5.88. The quantitative estimate of drug-likeness (QED) is 0.724. The highest BCUT2D eigenvalue weighted by Crippen LogP contribution is 2.16. The maximum Gasteiger partial charge on any atom is 0.198 e. The van der Waals surface area contributed by atoms with Crippen molar-refractivity contribution < 1.29 is 4.52 Å². The Morgan fingerprint density at radius 1 is 1.38 bits per heavy atom. The third-order valence-corrected chi connectivity index (χ3v) is 2.80. The van der Waals surface area contributed by atoms with Gasteiger partial charge in [-0.25, -0.2) is 0 Å². The highest BCUT2D eigenvalue weighted by atomic mass is 127. The summed E-state index contributed by atoms with van der Waals surface area (Å²) in [5.41, 5.74) is 0. The first-order valence-corrected chi connectivity index (χ1v) is 5.39. The molecule has 1 aliphatic heterocycles. The molecule has 72 valence electrons. The molecule has 0 amide bonds. The molecular formula is C8H12IN3O. The molecule has 0 bridgehead atoms. The van der Waals surface area contributed by atoms with Gasteiger partial charge in [0.1, 0.15) is 0 Å². The maximum atomic E-state index is 5.03. The third kappa shape index (κ3) is 2.14. The fourth-order valence-corrected chi connectivity index (χ4v) is 1.81. The summed E-state index contributed by atoms with van der Waals surface area (Å²) in [6.07, 6.45) is 0. The van der Waals surface area contributed by atoms with Crippen LogP contribution in [0.15, 0.2) is 10.6 Å². The summed E-state index contributed by atoms with van der Waals surface area (Å²) in [5, 5.41) is 3.99. The zero-order chi connectivity index (χ0) is 9.26. The van der Waals surface area contributed by atoms with Crippen LogP contribution in [0.1, 0.15) is 0 Å². The molecule has 0 radical (unpaired) electrons. The van der Waals surface area contributed by atoms with Crippen LogP contribution < -0.4 is 4.90 Å². The Labute approximate surface area is 91.0 Å². The topological polar surface area (TPSA) is 32.5 Å². The number of nitrogens with zero attached hydrogens (tertiary/aromatic N) is 3. The van der Waals surface area contributed by atoms with Crippen molar-refractivity contribution in [1.82, 2.24) is 10.1 Å². The van der Waals surface area contributed by atoms with Crippen molar-refractivity contribution in [1.29, 1.82) is 0 Å². The Bertz CT molecular complexity index is 281. The monoisotopic (exact) mass is 293 g/mol. The largest absolute Gasteiger partial charge is 0.351 e. The minimum absolute atomic E-state index is 0.853. The summed E-state index contributed by atoms with van der Waals surface area (Å²) in [7, 11) is 2.14. The molecule has 13 heavy (non-hydrogen) atoms. The average Bonchev–Trinajstić information content (AvgIpc) is 2.53. The smallest absolute Gasteiger partial charge is 0.198 e. The Kier molecular flexibility index (Phi) is 2.73. The van der Waals surface area contributed by atoms with E-state index in [1.54, 1.807) is 0 Å². The Morgan fingerprint density at radius 3 is 2.62 bits per heavy atom. The molecule has 1 aromatic rings. The van der Waals surface area contributed by atoms with E-state index in [2.05, 4.69) is 44.6 Å². The van der Waals surface area contributed by atoms with Crippen LogP contribution in [0.3, 0.4) is 0 Å². The Balaban J connectivity index is 2.02. The summed E-state index contributed by atoms with van der Waals surface area (Å²) >= 11 is 2.13. The second-order valence-electron chi connectivity index (χ2n) is 3.28. The van der Waals surface area contributed by atoms with Gasteiger partial charge in [0.25, 0.3) is 0 Å². The molecule has 0 saturated carbocycles. The Morgan fingerprint density at radius 2 is 2.08 bits per heavy atom. The molecule has 0 aliphatic carbocycles. The summed E-state index contributed by atoms with van der Waals surface area (Å²) in [6, 6.07) is 1.98. The van der Waals surface area contributed by atoms with E-state index >= 15 is 0 Å². The number of aromatic nitrogens is 1. The van der Waals surface area contributed by atoms with Gasteiger partial charge in [-0.3, -0.25) is 0 Å². The molecular weight excluding hydrogens is 281 g/mol. The molecule has 0 spiro atoms. The fourth-order valence-electron chi connectivity index (χ4n) is 1.43. The van der Waals surface area contributed by atoms with Gasteiger partial charge in [0.2, 0.25) is 0 Å². The predicted octanol–water partition coefficient (Wildman–Crippen LogP) is 1.03. The number of hydrogen-bond acceptors (Lipinski definition) is 4. The van der Waals surface area contributed by atoms with Gasteiger partial charge in [-0.1, -0.05) is 5.16 Å². The van der Waals surface area contributed by atoms with Crippen molar-refractivity contribution in [2.75, 3.05) is 38.1 Å². The van der Waals surface area contributed by atoms with Crippen LogP contribution in [0.2, 0.25) is 0 Å². The first-order valence-electron chi connectivity index (χ1n) is 4.31. The van der Waals surface area contributed by atoms with E-state index < -0.39 is 0 Å². The lowest BCUT2D eigenvalue weighted by atomic mass is 10.3. The molecule has 0 unspecified atom stereocenters. The van der Waals surface area contributed by atoms with Crippen molar-refractivity contribution in [3.05, 3.63) is 9.83 Å². The van der Waals surface area contributed by atoms with Crippen molar-refractivity contribution in [2.24, 2.45) is 0 Å². The molecule has 4 nitrogen and oxygen atoms in total. The van der Waals surface area contributed by atoms with Gasteiger partial charge in [0.15, 0.2) is 9.58 Å². The zero-order valence-corrected chi connectivity index (χ0v) is 9.69. The van der Waals surface area contributed by atoms with Gasteiger partial charge in [0, 0.05) is 54.8 Å². The summed E-state index contributed by atoms with van der Waals surface area (Å²) in [6.45, 7) is 4.28. The molecule has 0 atom stereocenters. The van der Waals surface area contributed by atoms with Crippen molar-refractivity contribution in [2.45, 2.75) is 0 Å². The second kappa shape index (κ2) is 3.83. The SMILES string of the molecule is CN1CCN(c2cc(I)on2)CC1. The number of rotatable bonds is 1. The normalized spacial score (nSPS) is 19.4. The van der Waals surface area contributed by atoms with Gasteiger partial charge in [-0.15, -0.1) is 0 Å². The molecule has 5 heteroatoms. The number of anilines is 1. The van der Waals surface area contributed by atoms with Crippen LogP contribution in [0.5, 0.6) is 0 Å². The fraction of sp³-hybridized carbons (Fsp3) is 0.625. The predicted molar refractivity (Wildman–Crippen MR) is 58.9 cm³/mol. The van der Waals surface area contributed by atoms with Gasteiger partial charge < -0.3 is 14.3 Å². The number of likely N-dealkylation sites (N-methyl/N-ethyl adjacent to an activating group) is 1. The van der Waals surface area contributed by atoms with Gasteiger partial charge in [-0.05, 0) is 7.05 Å². The maximum absolute atomic E-state index is 5.03. The first-order chi connectivity index (χ1) is 6.25. The minimum Gasteiger partial charge on any atom is -0.351 e. The summed E-state index contributed by atoms with van der Waals surface area (Å²) in [4.78, 5) is 4.58. The van der Waals surface area contributed by atoms with Crippen LogP contribution in [0, 0.1) is 3.77 Å². The molecule has 2 heterocycles. The lowest BCUT2D eigenvalue weighted by Crippen LogP contribution is -2.44. The van der Waals surface area contributed by atoms with E-state index in [0.29, 0.717) is 0 Å². The van der Waals surface area contributed by atoms with Crippen LogP contribution in [0.4, 0.5) is 5.82 Å². The Hall–Kier alpha value is -0.300. The van der Waals surface area contributed by atoms with Gasteiger partial charge >= 0.3 is 0 Å². The molecule has 1 aromatic heterocycles. The number of halogens is 1. The third-order valence-electron chi connectivity index (χ3n) is 2.30. The standard InChI is InChI=1S/C8H12IN3O/c1-11-2-4-12(5-3-11)8-6-7(9)13-10-8/h6H,2-5H2,1H3. The van der Waals surface area contributed by atoms with Crippen LogP contribution in [-0.4, -0.2) is 43.3 Å². The summed E-state index contributed by atoms with van der Waals surface area (Å²) in [5.74, 6) is 0.970. The van der Waals surface area contributed by atoms with Crippen molar-refractivity contribution >= 4 is 28.4 Å². The van der Waals surface area contributed by atoms with E-state index in [4.69, 9.17) is 4.52 Å². The van der Waals surface area contributed by atoms with E-state index in [1.165, 1.54) is 0 Å². The van der Waals surface area contributed by atoms with Crippen molar-refractivity contribution in [3.8, 4) is 0 Å². The number of hydrogen-bond donors (Lipinski definition) is 0. The molecule has 1 saturated heterocycles. The minimum atomic E-state index is 0.853. The lowest BCUT2D eigenvalue weighted by molar-refractivity contribution is 0.309. The van der Waals surface area contributed by atoms with E-state index in [-0.39, 0.29) is 0 Å². The highest BCUT2D eigenvalue weighted by Gasteiger charge is 2.16. The van der Waals surface area contributed by atoms with Gasteiger partial charge in [-0.2, -0.15) is 0 Å². The van der Waals surface area contributed by atoms with E-state index in [1.807, 2.05) is 6.07 Å². The van der Waals surface area contributed by atoms with Gasteiger partial charge in [0.05, 0.1) is 0 Å². The van der Waals surface area contributed by atoms with Crippen LogP contribution in [0.25, 0.3) is 0 Å². The van der Waals surface area contributed by atoms with E-state index in [9.17, 15) is 0 Å². The molecule has 0 aromatic carbocycles. The zero-order valence-electron chi connectivity index (χ0n) is 7.53. The molecule has 1 fully saturated rings. The van der Waals surface area contributed by atoms with Crippen molar-refractivity contribution in [3.63, 3.8) is 0 Å². The molecule has 2 rings (SSSR count).